The summed E-state index contributed by atoms with van der Waals surface area (Å²) in [6, 6.07) is 3.32. The van der Waals surface area contributed by atoms with E-state index in [2.05, 4.69) is 0 Å². The third kappa shape index (κ3) is 3.18. The molecule has 0 radical (unpaired) electrons. The van der Waals surface area contributed by atoms with E-state index in [0.29, 0.717) is 0 Å². The van der Waals surface area contributed by atoms with Crippen LogP contribution in [0.4, 0.5) is 5.69 Å². The molecule has 8 nitrogen and oxygen atoms in total. The zero-order chi connectivity index (χ0) is 13.9. The number of nitrogen functional groups attached to an aromatic ring is 1. The summed E-state index contributed by atoms with van der Waals surface area (Å²) in [6.45, 7) is -0.629. The average molecular weight is 273 g/mol. The number of carboxylic acid groups (broad SMARTS) is 1. The van der Waals surface area contributed by atoms with Crippen LogP contribution in [-0.2, 0) is 14.8 Å². The number of hydrogen-bond donors (Lipinski definition) is 4. The molecule has 1 amide bonds. The molecule has 0 atom stereocenters. The van der Waals surface area contributed by atoms with E-state index in [-0.39, 0.29) is 5.69 Å². The van der Waals surface area contributed by atoms with Crippen molar-refractivity contribution in [1.29, 1.82) is 0 Å². The predicted molar refractivity (Wildman–Crippen MR) is 62.2 cm³/mol. The second-order valence-corrected chi connectivity index (χ2v) is 5.09. The Morgan fingerprint density at radius 1 is 1.33 bits per heavy atom. The van der Waals surface area contributed by atoms with Gasteiger partial charge in [-0.1, -0.05) is 0 Å². The molecule has 0 aliphatic carbocycles. The third-order valence-corrected chi connectivity index (χ3v) is 3.40. The fourth-order valence-electron chi connectivity index (χ4n) is 1.18. The van der Waals surface area contributed by atoms with Gasteiger partial charge < -0.3 is 16.6 Å². The van der Waals surface area contributed by atoms with Crippen LogP contribution in [0.2, 0.25) is 0 Å². The summed E-state index contributed by atoms with van der Waals surface area (Å²) in [5.41, 5.74) is 9.84. The highest BCUT2D eigenvalue weighted by Crippen LogP contribution is 2.19. The number of sulfonamides is 1. The summed E-state index contributed by atoms with van der Waals surface area (Å²) < 4.78 is 25.4. The Kier molecular flexibility index (Phi) is 3.89. The molecule has 0 unspecified atom stereocenters. The van der Waals surface area contributed by atoms with Gasteiger partial charge in [0, 0.05) is 5.69 Å². The van der Waals surface area contributed by atoms with Crippen molar-refractivity contribution in [2.75, 3.05) is 12.3 Å². The van der Waals surface area contributed by atoms with Gasteiger partial charge in [-0.25, -0.2) is 17.9 Å². The van der Waals surface area contributed by atoms with Crippen molar-refractivity contribution >= 4 is 27.6 Å². The minimum atomic E-state index is -4.17. The number of aromatic carboxylic acids is 1. The van der Waals surface area contributed by atoms with Crippen molar-refractivity contribution in [2.24, 2.45) is 5.73 Å². The molecule has 0 aliphatic heterocycles. The summed E-state index contributed by atoms with van der Waals surface area (Å²) in [5, 5.41) is 8.87. The maximum Gasteiger partial charge on any atom is 0.337 e. The number of carboxylic acids is 1. The van der Waals surface area contributed by atoms with Gasteiger partial charge in [-0.3, -0.25) is 4.79 Å². The second kappa shape index (κ2) is 5.02. The molecule has 1 aromatic carbocycles. The molecule has 6 N–H and O–H groups in total. The summed E-state index contributed by atoms with van der Waals surface area (Å²) in [5.74, 6) is -2.31. The zero-order valence-electron chi connectivity index (χ0n) is 9.08. The van der Waals surface area contributed by atoms with E-state index < -0.39 is 38.9 Å². The molecule has 0 saturated heterocycles. The lowest BCUT2D eigenvalue weighted by Crippen LogP contribution is -2.34. The van der Waals surface area contributed by atoms with Crippen molar-refractivity contribution in [3.05, 3.63) is 23.8 Å². The highest BCUT2D eigenvalue weighted by Gasteiger charge is 2.22. The van der Waals surface area contributed by atoms with Gasteiger partial charge in [0.25, 0.3) is 0 Å². The fourth-order valence-corrected chi connectivity index (χ4v) is 2.41. The van der Waals surface area contributed by atoms with E-state index >= 15 is 0 Å². The largest absolute Gasteiger partial charge is 0.478 e. The van der Waals surface area contributed by atoms with Gasteiger partial charge in [0.1, 0.15) is 0 Å². The van der Waals surface area contributed by atoms with Crippen molar-refractivity contribution in [3.8, 4) is 0 Å². The van der Waals surface area contributed by atoms with Crippen molar-refractivity contribution in [2.45, 2.75) is 4.90 Å². The van der Waals surface area contributed by atoms with Gasteiger partial charge in [0.2, 0.25) is 15.9 Å². The van der Waals surface area contributed by atoms with Gasteiger partial charge in [-0.2, -0.15) is 0 Å². The molecule has 0 bridgehead atoms. The number of carbonyl (C=O) groups excluding carboxylic acids is 1. The first-order chi connectivity index (χ1) is 8.24. The second-order valence-electron chi connectivity index (χ2n) is 3.35. The quantitative estimate of drug-likeness (QED) is 0.491. The van der Waals surface area contributed by atoms with Gasteiger partial charge in [0.15, 0.2) is 0 Å². The van der Waals surface area contributed by atoms with E-state index in [9.17, 15) is 18.0 Å². The number of carbonyl (C=O) groups is 2. The topological polar surface area (TPSA) is 153 Å². The predicted octanol–water partition coefficient (Wildman–Crippen LogP) is -1.27. The molecule has 0 fully saturated rings. The van der Waals surface area contributed by atoms with Crippen LogP contribution in [0.3, 0.4) is 0 Å². The minimum Gasteiger partial charge on any atom is -0.478 e. The Hall–Kier alpha value is -2.13. The lowest BCUT2D eigenvalue weighted by atomic mass is 10.2. The molecule has 0 saturated carbocycles. The van der Waals surface area contributed by atoms with Gasteiger partial charge >= 0.3 is 5.97 Å². The van der Waals surface area contributed by atoms with Crippen molar-refractivity contribution in [3.63, 3.8) is 0 Å². The summed E-state index contributed by atoms with van der Waals surface area (Å²) in [6.07, 6.45) is 0. The Morgan fingerprint density at radius 2 is 1.94 bits per heavy atom. The van der Waals surface area contributed by atoms with Gasteiger partial charge in [-0.05, 0) is 18.2 Å². The third-order valence-electron chi connectivity index (χ3n) is 1.96. The Balaban J connectivity index is 3.26. The van der Waals surface area contributed by atoms with Crippen LogP contribution in [0.15, 0.2) is 23.1 Å². The maximum absolute atomic E-state index is 11.8. The van der Waals surface area contributed by atoms with Crippen LogP contribution in [0.5, 0.6) is 0 Å². The van der Waals surface area contributed by atoms with E-state index in [1.165, 1.54) is 6.07 Å². The minimum absolute atomic E-state index is 0.0828. The molecular formula is C9H11N3O5S. The Bertz CT molecular complexity index is 596. The van der Waals surface area contributed by atoms with Crippen LogP contribution in [0, 0.1) is 0 Å². The van der Waals surface area contributed by atoms with Gasteiger partial charge in [-0.15, -0.1) is 0 Å². The number of nitrogens with one attached hydrogen (secondary N) is 1. The number of amides is 1. The maximum atomic E-state index is 11.8. The average Bonchev–Trinajstić information content (AvgIpc) is 2.26. The number of rotatable bonds is 5. The standard InChI is InChI=1S/C9H11N3O5S/c10-5-1-2-6(9(14)15)7(3-5)18(16,17)12-4-8(11)13/h1-3,12H,4,10H2,(H2,11,13)(H,14,15). The number of nitrogens with two attached hydrogens (primary N) is 2. The van der Waals surface area contributed by atoms with E-state index in [4.69, 9.17) is 16.6 Å². The number of hydrogen-bond acceptors (Lipinski definition) is 5. The summed E-state index contributed by atoms with van der Waals surface area (Å²) in [4.78, 5) is 20.9. The lowest BCUT2D eigenvalue weighted by Gasteiger charge is -2.08. The first-order valence-corrected chi connectivity index (χ1v) is 6.13. The van der Waals surface area contributed by atoms with E-state index in [1.807, 2.05) is 4.72 Å². The zero-order valence-corrected chi connectivity index (χ0v) is 9.90. The van der Waals surface area contributed by atoms with Crippen molar-refractivity contribution < 1.29 is 23.1 Å². The molecule has 0 heterocycles. The van der Waals surface area contributed by atoms with Crippen LogP contribution in [0.25, 0.3) is 0 Å². The summed E-state index contributed by atoms with van der Waals surface area (Å²) in [7, 11) is -4.17. The normalized spacial score (nSPS) is 11.1. The first kappa shape index (κ1) is 13.9. The number of anilines is 1. The smallest absolute Gasteiger partial charge is 0.337 e. The van der Waals surface area contributed by atoms with Crippen LogP contribution in [0.1, 0.15) is 10.4 Å². The molecule has 18 heavy (non-hydrogen) atoms. The molecule has 1 rings (SSSR count). The molecule has 98 valence electrons. The molecule has 0 aromatic heterocycles. The van der Waals surface area contributed by atoms with E-state index in [1.54, 1.807) is 0 Å². The SMILES string of the molecule is NC(=O)CNS(=O)(=O)c1cc(N)ccc1C(=O)O. The molecule has 9 heteroatoms. The number of benzene rings is 1. The molecule has 1 aromatic rings. The fraction of sp³-hybridized carbons (Fsp3) is 0.111. The highest BCUT2D eigenvalue weighted by atomic mass is 32.2. The monoisotopic (exact) mass is 273 g/mol. The van der Waals surface area contributed by atoms with Crippen LogP contribution >= 0.6 is 0 Å². The lowest BCUT2D eigenvalue weighted by molar-refractivity contribution is -0.116. The highest BCUT2D eigenvalue weighted by molar-refractivity contribution is 7.89. The van der Waals surface area contributed by atoms with Crippen LogP contribution in [-0.4, -0.2) is 31.9 Å². The Labute approximate surface area is 103 Å². The van der Waals surface area contributed by atoms with Crippen molar-refractivity contribution in [1.82, 2.24) is 4.72 Å². The molecular weight excluding hydrogens is 262 g/mol. The first-order valence-electron chi connectivity index (χ1n) is 4.65. The molecule has 0 spiro atoms. The van der Waals surface area contributed by atoms with Crippen LogP contribution < -0.4 is 16.2 Å². The Morgan fingerprint density at radius 3 is 2.44 bits per heavy atom. The molecule has 0 aliphatic rings. The van der Waals surface area contributed by atoms with E-state index in [0.717, 1.165) is 12.1 Å². The van der Waals surface area contributed by atoms with Gasteiger partial charge in [0.05, 0.1) is 17.0 Å². The summed E-state index contributed by atoms with van der Waals surface area (Å²) >= 11 is 0. The number of primary amides is 1.